The maximum absolute atomic E-state index is 6.29. The van der Waals surface area contributed by atoms with Crippen LogP contribution >= 0.6 is 23.1 Å². The van der Waals surface area contributed by atoms with E-state index in [2.05, 4.69) is 26.9 Å². The summed E-state index contributed by atoms with van der Waals surface area (Å²) < 4.78 is 0. The molecule has 27 heavy (non-hydrogen) atoms. The zero-order valence-corrected chi connectivity index (χ0v) is 17.2. The molecule has 1 atom stereocenters. The third kappa shape index (κ3) is 3.63. The van der Waals surface area contributed by atoms with Crippen molar-refractivity contribution in [1.82, 2.24) is 24.9 Å². The molecule has 1 aliphatic carbocycles. The van der Waals surface area contributed by atoms with Crippen LogP contribution in [0.3, 0.4) is 0 Å². The average molecular weight is 403 g/mol. The lowest BCUT2D eigenvalue weighted by molar-refractivity contribution is 0.509. The van der Waals surface area contributed by atoms with Crippen LogP contribution in [0.4, 0.5) is 17.7 Å². The van der Waals surface area contributed by atoms with Gasteiger partial charge in [-0.15, -0.1) is 11.3 Å². The Balaban J connectivity index is 1.60. The molecule has 8 nitrogen and oxygen atoms in total. The smallest absolute Gasteiger partial charge is 0.229 e. The van der Waals surface area contributed by atoms with Gasteiger partial charge in [0.2, 0.25) is 11.9 Å². The number of thiophene rings is 1. The Hall–Kier alpha value is -2.20. The van der Waals surface area contributed by atoms with Crippen LogP contribution in [0.2, 0.25) is 0 Å². The number of nitrogens with zero attached hydrogens (tertiary/aromatic N) is 6. The molecular formula is C17H22N8S2. The first-order valence-corrected chi connectivity index (χ1v) is 10.6. The number of fused-ring (bicyclic) bond motifs is 3. The van der Waals surface area contributed by atoms with Gasteiger partial charge in [-0.1, -0.05) is 18.7 Å². The fraction of sp³-hybridized carbons (Fsp3) is 0.471. The van der Waals surface area contributed by atoms with Crippen LogP contribution in [-0.2, 0) is 18.6 Å². The zero-order valence-electron chi connectivity index (χ0n) is 15.6. The lowest BCUT2D eigenvalue weighted by atomic mass is 9.89. The SMILES string of the molecule is CC1CCc2c(sc3nc(SCc4nc(N)nc(N(C)C)n4)nc(N)c23)C1. The lowest BCUT2D eigenvalue weighted by Crippen LogP contribution is -2.16. The number of nitrogen functional groups attached to an aromatic ring is 2. The van der Waals surface area contributed by atoms with Gasteiger partial charge in [-0.2, -0.15) is 15.0 Å². The highest BCUT2D eigenvalue weighted by Crippen LogP contribution is 2.40. The van der Waals surface area contributed by atoms with Crippen molar-refractivity contribution in [1.29, 1.82) is 0 Å². The van der Waals surface area contributed by atoms with E-state index in [1.165, 1.54) is 28.6 Å². The summed E-state index contributed by atoms with van der Waals surface area (Å²) in [6.45, 7) is 2.30. The van der Waals surface area contributed by atoms with Crippen LogP contribution in [0.1, 0.15) is 29.6 Å². The van der Waals surface area contributed by atoms with Gasteiger partial charge in [0.25, 0.3) is 0 Å². The van der Waals surface area contributed by atoms with Gasteiger partial charge in [-0.05, 0) is 30.7 Å². The van der Waals surface area contributed by atoms with E-state index in [-0.39, 0.29) is 5.95 Å². The van der Waals surface area contributed by atoms with Crippen molar-refractivity contribution in [2.75, 3.05) is 30.5 Å². The average Bonchev–Trinajstić information content (AvgIpc) is 2.97. The van der Waals surface area contributed by atoms with Crippen molar-refractivity contribution < 1.29 is 0 Å². The highest BCUT2D eigenvalue weighted by atomic mass is 32.2. The Morgan fingerprint density at radius 2 is 1.96 bits per heavy atom. The molecule has 3 aromatic rings. The first-order valence-electron chi connectivity index (χ1n) is 8.79. The van der Waals surface area contributed by atoms with E-state index in [1.807, 2.05) is 14.1 Å². The number of hydrogen-bond donors (Lipinski definition) is 2. The molecule has 0 aliphatic heterocycles. The number of thioether (sulfide) groups is 1. The molecule has 142 valence electrons. The highest BCUT2D eigenvalue weighted by molar-refractivity contribution is 7.98. The van der Waals surface area contributed by atoms with E-state index < -0.39 is 0 Å². The molecule has 10 heteroatoms. The monoisotopic (exact) mass is 402 g/mol. The summed E-state index contributed by atoms with van der Waals surface area (Å²) in [5, 5.41) is 1.68. The van der Waals surface area contributed by atoms with Crippen LogP contribution in [-0.4, -0.2) is 39.0 Å². The second-order valence-corrected chi connectivity index (χ2v) is 9.04. The quantitative estimate of drug-likeness (QED) is 0.501. The number of aromatic nitrogens is 5. The van der Waals surface area contributed by atoms with Gasteiger partial charge in [0.15, 0.2) is 5.16 Å². The molecule has 3 heterocycles. The molecule has 0 radical (unpaired) electrons. The molecule has 0 bridgehead atoms. The fourth-order valence-corrected chi connectivity index (χ4v) is 5.39. The summed E-state index contributed by atoms with van der Waals surface area (Å²) in [6, 6.07) is 0. The minimum Gasteiger partial charge on any atom is -0.383 e. The van der Waals surface area contributed by atoms with Gasteiger partial charge >= 0.3 is 0 Å². The van der Waals surface area contributed by atoms with Crippen molar-refractivity contribution in [3.63, 3.8) is 0 Å². The first-order chi connectivity index (χ1) is 12.9. The second-order valence-electron chi connectivity index (χ2n) is 7.02. The van der Waals surface area contributed by atoms with Crippen molar-refractivity contribution >= 4 is 51.0 Å². The Labute approximate surface area is 165 Å². The molecule has 4 N–H and O–H groups in total. The summed E-state index contributed by atoms with van der Waals surface area (Å²) in [5.74, 6) is 3.13. The maximum atomic E-state index is 6.29. The van der Waals surface area contributed by atoms with Crippen LogP contribution in [0, 0.1) is 5.92 Å². The highest BCUT2D eigenvalue weighted by Gasteiger charge is 2.23. The predicted molar refractivity (Wildman–Crippen MR) is 111 cm³/mol. The van der Waals surface area contributed by atoms with Crippen LogP contribution < -0.4 is 16.4 Å². The zero-order chi connectivity index (χ0) is 19.1. The van der Waals surface area contributed by atoms with Gasteiger partial charge in [-0.3, -0.25) is 0 Å². The third-order valence-electron chi connectivity index (χ3n) is 4.58. The fourth-order valence-electron chi connectivity index (χ4n) is 3.23. The van der Waals surface area contributed by atoms with Gasteiger partial charge in [0.05, 0.1) is 11.1 Å². The number of aryl methyl sites for hydroxylation is 1. The molecule has 0 fully saturated rings. The second kappa shape index (κ2) is 7.08. The normalized spacial score (nSPS) is 16.5. The van der Waals surface area contributed by atoms with E-state index >= 15 is 0 Å². The number of nitrogens with two attached hydrogens (primary N) is 2. The molecular weight excluding hydrogens is 380 g/mol. The Morgan fingerprint density at radius 1 is 1.15 bits per heavy atom. The van der Waals surface area contributed by atoms with E-state index in [9.17, 15) is 0 Å². The van der Waals surface area contributed by atoms with Crippen molar-refractivity contribution in [2.24, 2.45) is 5.92 Å². The summed E-state index contributed by atoms with van der Waals surface area (Å²) in [4.78, 5) is 26.2. The Bertz CT molecular complexity index is 1000. The topological polar surface area (TPSA) is 120 Å². The Morgan fingerprint density at radius 3 is 2.74 bits per heavy atom. The van der Waals surface area contributed by atoms with Crippen molar-refractivity contribution in [3.8, 4) is 0 Å². The molecule has 0 amide bonds. The summed E-state index contributed by atoms with van der Waals surface area (Å²) in [6.07, 6.45) is 3.37. The van der Waals surface area contributed by atoms with Gasteiger partial charge in [0, 0.05) is 19.0 Å². The summed E-state index contributed by atoms with van der Waals surface area (Å²) in [7, 11) is 3.73. The molecule has 1 aliphatic rings. The van der Waals surface area contributed by atoms with Crippen LogP contribution in [0.15, 0.2) is 5.16 Å². The first kappa shape index (κ1) is 18.2. The molecule has 0 saturated carbocycles. The van der Waals surface area contributed by atoms with Gasteiger partial charge < -0.3 is 16.4 Å². The maximum Gasteiger partial charge on any atom is 0.229 e. The molecule has 3 aromatic heterocycles. The van der Waals surface area contributed by atoms with E-state index in [0.717, 1.165) is 23.1 Å². The van der Waals surface area contributed by atoms with Crippen molar-refractivity contribution in [2.45, 2.75) is 37.1 Å². The standard InChI is InChI=1S/C17H22N8S2/c1-8-4-5-9-10(6-8)27-14-12(9)13(18)22-17(23-14)26-7-11-20-15(19)24-16(21-11)25(2)3/h8H,4-7H2,1-3H3,(H2,18,22,23)(H2,19,20,21,24). The number of rotatable bonds is 4. The van der Waals surface area contributed by atoms with Crippen LogP contribution in [0.5, 0.6) is 0 Å². The number of hydrogen-bond acceptors (Lipinski definition) is 10. The lowest BCUT2D eigenvalue weighted by Gasteiger charge is -2.17. The van der Waals surface area contributed by atoms with Crippen molar-refractivity contribution in [3.05, 3.63) is 16.3 Å². The molecule has 1 unspecified atom stereocenters. The minimum absolute atomic E-state index is 0.209. The third-order valence-corrected chi connectivity index (χ3v) is 6.57. The molecule has 4 rings (SSSR count). The minimum atomic E-state index is 0.209. The predicted octanol–water partition coefficient (Wildman–Crippen LogP) is 2.52. The van der Waals surface area contributed by atoms with E-state index in [0.29, 0.717) is 34.4 Å². The van der Waals surface area contributed by atoms with Gasteiger partial charge in [0.1, 0.15) is 16.5 Å². The molecule has 0 saturated heterocycles. The number of anilines is 3. The van der Waals surface area contributed by atoms with Gasteiger partial charge in [-0.25, -0.2) is 9.97 Å². The van der Waals surface area contributed by atoms with E-state index in [4.69, 9.17) is 16.5 Å². The summed E-state index contributed by atoms with van der Waals surface area (Å²) >= 11 is 3.21. The van der Waals surface area contributed by atoms with Crippen LogP contribution in [0.25, 0.3) is 10.2 Å². The Kier molecular flexibility index (Phi) is 4.77. The van der Waals surface area contributed by atoms with E-state index in [1.54, 1.807) is 16.2 Å². The molecule has 0 aromatic carbocycles. The summed E-state index contributed by atoms with van der Waals surface area (Å²) in [5.41, 5.74) is 13.4. The molecule has 0 spiro atoms. The largest absolute Gasteiger partial charge is 0.383 e.